The van der Waals surface area contributed by atoms with Crippen LogP contribution in [-0.4, -0.2) is 10.9 Å². The molecule has 3 heteroatoms. The number of pyridine rings is 1. The number of nitrogens with zero attached hydrogens (tertiary/aromatic N) is 1. The summed E-state index contributed by atoms with van der Waals surface area (Å²) in [5.41, 5.74) is 2.88. The third kappa shape index (κ3) is 5.34. The molecule has 0 radical (unpaired) electrons. The Kier molecular flexibility index (Phi) is 6.30. The largest absolute Gasteiger partial charge is 0.326 e. The molecular formula is C16H20N2O. The Morgan fingerprint density at radius 1 is 1.21 bits per heavy atom. The van der Waals surface area contributed by atoms with E-state index in [1.807, 2.05) is 57.2 Å². The Morgan fingerprint density at radius 2 is 2.00 bits per heavy atom. The topological polar surface area (TPSA) is 42.0 Å². The Hall–Kier alpha value is -2.16. The Balaban J connectivity index is 0.000000861. The van der Waals surface area contributed by atoms with Gasteiger partial charge in [-0.2, -0.15) is 0 Å². The third-order valence-electron chi connectivity index (χ3n) is 2.39. The number of rotatable bonds is 3. The van der Waals surface area contributed by atoms with E-state index in [1.54, 1.807) is 12.4 Å². The SMILES string of the molecule is CC.Cc1cccc(NC(=O)Cc2cccnc2)c1. The molecule has 0 aliphatic carbocycles. The Morgan fingerprint density at radius 3 is 2.63 bits per heavy atom. The fourth-order valence-electron chi connectivity index (χ4n) is 1.62. The van der Waals surface area contributed by atoms with E-state index in [0.29, 0.717) is 6.42 Å². The first-order valence-corrected chi connectivity index (χ1v) is 6.49. The van der Waals surface area contributed by atoms with Crippen molar-refractivity contribution in [1.82, 2.24) is 4.98 Å². The molecule has 1 amide bonds. The zero-order valence-electron chi connectivity index (χ0n) is 11.7. The van der Waals surface area contributed by atoms with Crippen molar-refractivity contribution in [3.8, 4) is 0 Å². The van der Waals surface area contributed by atoms with Crippen molar-refractivity contribution in [1.29, 1.82) is 0 Å². The molecular weight excluding hydrogens is 236 g/mol. The molecule has 0 fully saturated rings. The summed E-state index contributed by atoms with van der Waals surface area (Å²) in [7, 11) is 0. The van der Waals surface area contributed by atoms with Crippen LogP contribution in [0.15, 0.2) is 48.8 Å². The zero-order valence-corrected chi connectivity index (χ0v) is 11.7. The quantitative estimate of drug-likeness (QED) is 0.911. The summed E-state index contributed by atoms with van der Waals surface area (Å²) in [6, 6.07) is 11.5. The van der Waals surface area contributed by atoms with Crippen molar-refractivity contribution < 1.29 is 4.79 Å². The highest BCUT2D eigenvalue weighted by molar-refractivity contribution is 5.92. The number of benzene rings is 1. The number of aromatic nitrogens is 1. The molecule has 100 valence electrons. The van der Waals surface area contributed by atoms with Crippen molar-refractivity contribution in [2.45, 2.75) is 27.2 Å². The van der Waals surface area contributed by atoms with Crippen molar-refractivity contribution in [3.05, 3.63) is 59.9 Å². The molecule has 0 saturated heterocycles. The average Bonchev–Trinajstić information content (AvgIpc) is 2.42. The van der Waals surface area contributed by atoms with Gasteiger partial charge in [-0.3, -0.25) is 9.78 Å². The number of aryl methyl sites for hydroxylation is 1. The first-order valence-electron chi connectivity index (χ1n) is 6.49. The lowest BCUT2D eigenvalue weighted by atomic mass is 10.2. The molecule has 19 heavy (non-hydrogen) atoms. The van der Waals surface area contributed by atoms with Gasteiger partial charge in [0.15, 0.2) is 0 Å². The van der Waals surface area contributed by atoms with Crippen LogP contribution < -0.4 is 5.32 Å². The summed E-state index contributed by atoms with van der Waals surface area (Å²) < 4.78 is 0. The van der Waals surface area contributed by atoms with Crippen LogP contribution in [0.2, 0.25) is 0 Å². The standard InChI is InChI=1S/C14H14N2O.C2H6/c1-11-4-2-6-13(8-11)16-14(17)9-12-5-3-7-15-10-12;1-2/h2-8,10H,9H2,1H3,(H,16,17);1-2H3. The first-order chi connectivity index (χ1) is 9.24. The van der Waals surface area contributed by atoms with Crippen LogP contribution in [0.25, 0.3) is 0 Å². The monoisotopic (exact) mass is 256 g/mol. The third-order valence-corrected chi connectivity index (χ3v) is 2.39. The van der Waals surface area contributed by atoms with E-state index in [2.05, 4.69) is 10.3 Å². The van der Waals surface area contributed by atoms with Crippen LogP contribution in [0.1, 0.15) is 25.0 Å². The van der Waals surface area contributed by atoms with Crippen LogP contribution >= 0.6 is 0 Å². The van der Waals surface area contributed by atoms with E-state index in [4.69, 9.17) is 0 Å². The number of hydrogen-bond acceptors (Lipinski definition) is 2. The molecule has 2 rings (SSSR count). The summed E-state index contributed by atoms with van der Waals surface area (Å²) in [5.74, 6) is -0.0244. The van der Waals surface area contributed by atoms with Crippen LogP contribution in [0, 0.1) is 6.92 Å². The number of amides is 1. The van der Waals surface area contributed by atoms with E-state index in [1.165, 1.54) is 0 Å². The van der Waals surface area contributed by atoms with Crippen LogP contribution in [0.3, 0.4) is 0 Å². The number of carbonyl (C=O) groups is 1. The van der Waals surface area contributed by atoms with Gasteiger partial charge < -0.3 is 5.32 Å². The molecule has 3 nitrogen and oxygen atoms in total. The van der Waals surface area contributed by atoms with Gasteiger partial charge in [0.2, 0.25) is 5.91 Å². The lowest BCUT2D eigenvalue weighted by Gasteiger charge is -2.05. The number of carbonyl (C=O) groups excluding carboxylic acids is 1. The molecule has 2 aromatic rings. The van der Waals surface area contributed by atoms with Crippen molar-refractivity contribution >= 4 is 11.6 Å². The van der Waals surface area contributed by atoms with E-state index in [-0.39, 0.29) is 5.91 Å². The highest BCUT2D eigenvalue weighted by Gasteiger charge is 2.03. The van der Waals surface area contributed by atoms with E-state index in [0.717, 1.165) is 16.8 Å². The Bertz CT molecular complexity index is 509. The molecule has 1 heterocycles. The van der Waals surface area contributed by atoms with Crippen LogP contribution in [0.5, 0.6) is 0 Å². The number of anilines is 1. The summed E-state index contributed by atoms with van der Waals surface area (Å²) in [6.07, 6.45) is 3.75. The molecule has 0 bridgehead atoms. The molecule has 0 atom stereocenters. The van der Waals surface area contributed by atoms with Gasteiger partial charge in [0.05, 0.1) is 6.42 Å². The minimum absolute atomic E-state index is 0.0244. The molecule has 1 N–H and O–H groups in total. The van der Waals surface area contributed by atoms with Crippen LogP contribution in [-0.2, 0) is 11.2 Å². The Labute approximate surface area is 114 Å². The van der Waals surface area contributed by atoms with Gasteiger partial charge in [0, 0.05) is 18.1 Å². The van der Waals surface area contributed by atoms with Gasteiger partial charge in [-0.05, 0) is 36.2 Å². The molecule has 0 saturated carbocycles. The second kappa shape index (κ2) is 8.03. The maximum absolute atomic E-state index is 11.8. The van der Waals surface area contributed by atoms with Gasteiger partial charge >= 0.3 is 0 Å². The first kappa shape index (κ1) is 14.9. The second-order valence-electron chi connectivity index (χ2n) is 3.96. The molecule has 0 spiro atoms. The predicted octanol–water partition coefficient (Wildman–Crippen LogP) is 3.60. The molecule has 0 aliphatic rings. The lowest BCUT2D eigenvalue weighted by molar-refractivity contribution is -0.115. The van der Waals surface area contributed by atoms with Gasteiger partial charge in [-0.1, -0.05) is 32.0 Å². The molecule has 1 aromatic carbocycles. The average molecular weight is 256 g/mol. The molecule has 0 unspecified atom stereocenters. The smallest absolute Gasteiger partial charge is 0.228 e. The highest BCUT2D eigenvalue weighted by Crippen LogP contribution is 2.10. The lowest BCUT2D eigenvalue weighted by Crippen LogP contribution is -2.14. The predicted molar refractivity (Wildman–Crippen MR) is 79.1 cm³/mol. The zero-order chi connectivity index (χ0) is 14.1. The minimum atomic E-state index is -0.0244. The summed E-state index contributed by atoms with van der Waals surface area (Å²) in [4.78, 5) is 15.7. The normalized spacial score (nSPS) is 9.21. The fraction of sp³-hybridized carbons (Fsp3) is 0.250. The molecule has 1 aromatic heterocycles. The maximum Gasteiger partial charge on any atom is 0.228 e. The summed E-state index contributed by atoms with van der Waals surface area (Å²) >= 11 is 0. The van der Waals surface area contributed by atoms with E-state index < -0.39 is 0 Å². The second-order valence-corrected chi connectivity index (χ2v) is 3.96. The van der Waals surface area contributed by atoms with Gasteiger partial charge in [-0.25, -0.2) is 0 Å². The van der Waals surface area contributed by atoms with E-state index in [9.17, 15) is 4.79 Å². The van der Waals surface area contributed by atoms with Gasteiger partial charge in [-0.15, -0.1) is 0 Å². The van der Waals surface area contributed by atoms with Gasteiger partial charge in [0.25, 0.3) is 0 Å². The van der Waals surface area contributed by atoms with E-state index >= 15 is 0 Å². The summed E-state index contributed by atoms with van der Waals surface area (Å²) in [6.45, 7) is 6.00. The summed E-state index contributed by atoms with van der Waals surface area (Å²) in [5, 5.41) is 2.86. The maximum atomic E-state index is 11.8. The fourth-order valence-corrected chi connectivity index (χ4v) is 1.62. The van der Waals surface area contributed by atoms with Crippen LogP contribution in [0.4, 0.5) is 5.69 Å². The minimum Gasteiger partial charge on any atom is -0.326 e. The van der Waals surface area contributed by atoms with Crippen molar-refractivity contribution in [2.24, 2.45) is 0 Å². The van der Waals surface area contributed by atoms with Crippen molar-refractivity contribution in [2.75, 3.05) is 5.32 Å². The highest BCUT2D eigenvalue weighted by atomic mass is 16.1. The molecule has 0 aliphatic heterocycles. The number of nitrogens with one attached hydrogen (secondary N) is 1. The number of hydrogen-bond donors (Lipinski definition) is 1. The van der Waals surface area contributed by atoms with Gasteiger partial charge in [0.1, 0.15) is 0 Å². The van der Waals surface area contributed by atoms with Crippen molar-refractivity contribution in [3.63, 3.8) is 0 Å².